The van der Waals surface area contributed by atoms with Crippen LogP contribution in [0.3, 0.4) is 0 Å². The highest BCUT2D eigenvalue weighted by molar-refractivity contribution is 5.93. The normalized spacial score (nSPS) is 10.8. The minimum absolute atomic E-state index is 0.0502. The van der Waals surface area contributed by atoms with Crippen LogP contribution in [-0.2, 0) is 0 Å². The van der Waals surface area contributed by atoms with Crippen LogP contribution >= 0.6 is 0 Å². The molecule has 2 rings (SSSR count). The van der Waals surface area contributed by atoms with Crippen LogP contribution in [0.25, 0.3) is 11.0 Å². The highest BCUT2D eigenvalue weighted by Crippen LogP contribution is 2.26. The Balaban J connectivity index is 2.61. The van der Waals surface area contributed by atoms with Gasteiger partial charge in [0.1, 0.15) is 17.4 Å². The van der Waals surface area contributed by atoms with E-state index in [1.807, 2.05) is 30.9 Å². The van der Waals surface area contributed by atoms with Gasteiger partial charge in [-0.05, 0) is 6.42 Å². The molecule has 0 aliphatic rings. The first kappa shape index (κ1) is 16.2. The molecule has 0 saturated heterocycles. The summed E-state index contributed by atoms with van der Waals surface area (Å²) in [7, 11) is 5.66. The molecule has 2 aromatic rings. The van der Waals surface area contributed by atoms with E-state index in [1.54, 1.807) is 0 Å². The number of aliphatic hydroxyl groups is 1. The average Bonchev–Trinajstić information content (AvgIpc) is 2.51. The summed E-state index contributed by atoms with van der Waals surface area (Å²) in [6.07, 6.45) is 2.49. The highest BCUT2D eigenvalue weighted by Gasteiger charge is 2.16. The molecule has 8 nitrogen and oxygen atoms in total. The van der Waals surface area contributed by atoms with Crippen LogP contribution in [0.2, 0.25) is 0 Å². The third kappa shape index (κ3) is 3.33. The van der Waals surface area contributed by atoms with Gasteiger partial charge in [0.2, 0.25) is 5.95 Å². The van der Waals surface area contributed by atoms with Crippen LogP contribution < -0.4 is 15.1 Å². The summed E-state index contributed by atoms with van der Waals surface area (Å²) in [6, 6.07) is 0. The Kier molecular flexibility index (Phi) is 5.26. The second kappa shape index (κ2) is 7.17. The van der Waals surface area contributed by atoms with Crippen molar-refractivity contribution in [2.75, 3.05) is 56.0 Å². The Morgan fingerprint density at radius 2 is 1.91 bits per heavy atom. The maximum absolute atomic E-state index is 9.15. The van der Waals surface area contributed by atoms with Crippen molar-refractivity contribution in [3.05, 3.63) is 6.33 Å². The van der Waals surface area contributed by atoms with Gasteiger partial charge in [0.05, 0.1) is 6.61 Å². The topological polar surface area (TPSA) is 90.3 Å². The summed E-state index contributed by atoms with van der Waals surface area (Å²) in [5.41, 5.74) is 1.37. The molecule has 0 bridgehead atoms. The van der Waals surface area contributed by atoms with Crippen LogP contribution in [0.1, 0.15) is 13.3 Å². The van der Waals surface area contributed by atoms with Crippen LogP contribution in [-0.4, -0.2) is 65.9 Å². The molecule has 0 aliphatic heterocycles. The summed E-state index contributed by atoms with van der Waals surface area (Å²) < 4.78 is 0. The van der Waals surface area contributed by atoms with Gasteiger partial charge in [-0.25, -0.2) is 15.0 Å². The largest absolute Gasteiger partial charge is 0.395 e. The molecule has 8 heteroatoms. The van der Waals surface area contributed by atoms with E-state index in [1.165, 1.54) is 6.33 Å². The predicted molar refractivity (Wildman–Crippen MR) is 88.6 cm³/mol. The van der Waals surface area contributed by atoms with Crippen molar-refractivity contribution in [1.29, 1.82) is 0 Å². The molecule has 2 heterocycles. The van der Waals surface area contributed by atoms with Gasteiger partial charge in [0.15, 0.2) is 11.6 Å². The minimum Gasteiger partial charge on any atom is -0.395 e. The first-order valence-electron chi connectivity index (χ1n) is 7.34. The third-order valence-corrected chi connectivity index (χ3v) is 3.19. The second-order valence-corrected chi connectivity index (χ2v) is 5.23. The van der Waals surface area contributed by atoms with Crippen molar-refractivity contribution in [1.82, 2.24) is 19.9 Å². The summed E-state index contributed by atoms with van der Waals surface area (Å²) in [4.78, 5) is 21.5. The molecule has 0 saturated carbocycles. The first-order valence-corrected chi connectivity index (χ1v) is 7.34. The summed E-state index contributed by atoms with van der Waals surface area (Å²) in [6.45, 7) is 3.43. The lowest BCUT2D eigenvalue weighted by Gasteiger charge is -2.20. The highest BCUT2D eigenvalue weighted by atomic mass is 16.3. The molecule has 0 spiro atoms. The lowest BCUT2D eigenvalue weighted by Crippen LogP contribution is -2.23. The van der Waals surface area contributed by atoms with Gasteiger partial charge >= 0.3 is 0 Å². The number of likely N-dealkylation sites (N-methyl/N-ethyl adjacent to an activating group) is 1. The third-order valence-electron chi connectivity index (χ3n) is 3.19. The zero-order valence-electron chi connectivity index (χ0n) is 13.5. The maximum atomic E-state index is 9.15. The number of aromatic nitrogens is 4. The summed E-state index contributed by atoms with van der Waals surface area (Å²) in [5, 5.41) is 12.4. The molecule has 0 radical (unpaired) electrons. The van der Waals surface area contributed by atoms with Crippen LogP contribution in [0, 0.1) is 0 Å². The minimum atomic E-state index is 0.0502. The average molecular weight is 305 g/mol. The quantitative estimate of drug-likeness (QED) is 0.774. The van der Waals surface area contributed by atoms with Crippen molar-refractivity contribution < 1.29 is 5.11 Å². The molecule has 0 aromatic carbocycles. The zero-order valence-corrected chi connectivity index (χ0v) is 13.5. The Morgan fingerprint density at radius 1 is 1.14 bits per heavy atom. The van der Waals surface area contributed by atoms with Gasteiger partial charge < -0.3 is 20.2 Å². The lowest BCUT2D eigenvalue weighted by molar-refractivity contribution is 0.304. The van der Waals surface area contributed by atoms with Crippen LogP contribution in [0.4, 0.5) is 17.6 Å². The van der Waals surface area contributed by atoms with Gasteiger partial charge in [-0.1, -0.05) is 6.92 Å². The SMILES string of the molecule is CCCNc1nc(N(C)C)nc2c(N(C)CCO)ncnc12. The molecule has 2 aromatic heterocycles. The number of nitrogens with one attached hydrogen (secondary N) is 1. The number of hydrogen-bond acceptors (Lipinski definition) is 8. The Morgan fingerprint density at radius 3 is 2.55 bits per heavy atom. The van der Waals surface area contributed by atoms with E-state index in [0.29, 0.717) is 35.2 Å². The molecular formula is C14H23N7O. The molecular weight excluding hydrogens is 282 g/mol. The summed E-state index contributed by atoms with van der Waals surface area (Å²) >= 11 is 0. The molecule has 120 valence electrons. The molecule has 22 heavy (non-hydrogen) atoms. The standard InChI is InChI=1S/C14H23N7O/c1-5-6-15-12-10-11(18-14(19-12)20(2)3)13(17-9-16-10)21(4)7-8-22/h9,22H,5-8H2,1-4H3,(H,15,18,19). The van der Waals surface area contributed by atoms with Gasteiger partial charge in [0.25, 0.3) is 0 Å². The lowest BCUT2D eigenvalue weighted by atomic mass is 10.3. The van der Waals surface area contributed by atoms with Crippen molar-refractivity contribution in [2.24, 2.45) is 0 Å². The maximum Gasteiger partial charge on any atom is 0.227 e. The molecule has 2 N–H and O–H groups in total. The van der Waals surface area contributed by atoms with E-state index in [4.69, 9.17) is 5.11 Å². The molecule has 0 amide bonds. The van der Waals surface area contributed by atoms with E-state index >= 15 is 0 Å². The van der Waals surface area contributed by atoms with E-state index in [2.05, 4.69) is 32.2 Å². The van der Waals surface area contributed by atoms with Gasteiger partial charge in [-0.2, -0.15) is 4.98 Å². The predicted octanol–water partition coefficient (Wildman–Crippen LogP) is 0.736. The fourth-order valence-electron chi connectivity index (χ4n) is 2.03. The molecule has 0 fully saturated rings. The Labute approximate surface area is 130 Å². The first-order chi connectivity index (χ1) is 10.6. The Hall–Kier alpha value is -2.22. The fraction of sp³-hybridized carbons (Fsp3) is 0.571. The van der Waals surface area contributed by atoms with Crippen LogP contribution in [0.5, 0.6) is 0 Å². The van der Waals surface area contributed by atoms with Gasteiger partial charge in [-0.3, -0.25) is 0 Å². The van der Waals surface area contributed by atoms with Crippen molar-refractivity contribution >= 4 is 28.6 Å². The van der Waals surface area contributed by atoms with Gasteiger partial charge in [0, 0.05) is 34.2 Å². The van der Waals surface area contributed by atoms with E-state index in [-0.39, 0.29) is 6.61 Å². The number of rotatable bonds is 7. The zero-order chi connectivity index (χ0) is 16.1. The van der Waals surface area contributed by atoms with Crippen molar-refractivity contribution in [2.45, 2.75) is 13.3 Å². The molecule has 0 aliphatic carbocycles. The molecule has 0 unspecified atom stereocenters. The number of anilines is 3. The van der Waals surface area contributed by atoms with E-state index < -0.39 is 0 Å². The molecule has 0 atom stereocenters. The number of nitrogens with zero attached hydrogens (tertiary/aromatic N) is 6. The summed E-state index contributed by atoms with van der Waals surface area (Å²) in [5.74, 6) is 1.99. The number of fused-ring (bicyclic) bond motifs is 1. The fourth-order valence-corrected chi connectivity index (χ4v) is 2.03. The second-order valence-electron chi connectivity index (χ2n) is 5.23. The van der Waals surface area contributed by atoms with E-state index in [9.17, 15) is 0 Å². The number of hydrogen-bond donors (Lipinski definition) is 2. The monoisotopic (exact) mass is 305 g/mol. The van der Waals surface area contributed by atoms with Crippen molar-refractivity contribution in [3.8, 4) is 0 Å². The Bertz CT molecular complexity index is 632. The van der Waals surface area contributed by atoms with Crippen LogP contribution in [0.15, 0.2) is 6.33 Å². The smallest absolute Gasteiger partial charge is 0.227 e. The van der Waals surface area contributed by atoms with Crippen molar-refractivity contribution in [3.63, 3.8) is 0 Å². The number of aliphatic hydroxyl groups excluding tert-OH is 1. The van der Waals surface area contributed by atoms with Gasteiger partial charge in [-0.15, -0.1) is 0 Å². The van der Waals surface area contributed by atoms with E-state index in [0.717, 1.165) is 13.0 Å².